The van der Waals surface area contributed by atoms with Crippen LogP contribution in [0.3, 0.4) is 0 Å². The third-order valence-electron chi connectivity index (χ3n) is 11.7. The lowest BCUT2D eigenvalue weighted by Gasteiger charge is -2.10. The van der Waals surface area contributed by atoms with E-state index in [9.17, 15) is 4.79 Å². The Morgan fingerprint density at radius 3 is 1.31 bits per heavy atom. The van der Waals surface area contributed by atoms with Gasteiger partial charge in [-0.15, -0.1) is 0 Å². The molecule has 3 aromatic heterocycles. The van der Waals surface area contributed by atoms with E-state index >= 15 is 0 Å². The first-order chi connectivity index (χ1) is 29.8. The van der Waals surface area contributed by atoms with E-state index in [1.54, 1.807) is 0 Å². The first-order valence-electron chi connectivity index (χ1n) is 21.1. The number of nitrogens with one attached hydrogen (secondary N) is 2. The van der Waals surface area contributed by atoms with E-state index in [0.29, 0.717) is 13.0 Å². The minimum absolute atomic E-state index is 0.214. The Kier molecular flexibility index (Phi) is 11.0. The first kappa shape index (κ1) is 39.2. The van der Waals surface area contributed by atoms with Gasteiger partial charge in [0.25, 0.3) is 0 Å². The van der Waals surface area contributed by atoms with Crippen LogP contribution in [0.5, 0.6) is 5.75 Å². The quantitative estimate of drug-likeness (QED) is 0.107. The first-order valence-corrected chi connectivity index (χ1v) is 21.1. The molecule has 0 aliphatic carbocycles. The molecule has 302 valence electrons. The Hall–Kier alpha value is -7.25. The Bertz CT molecular complexity index is 2980. The van der Waals surface area contributed by atoms with Crippen molar-refractivity contribution >= 4 is 52.3 Å². The molecule has 61 heavy (non-hydrogen) atoms. The molecule has 2 aliphatic rings. The number of unbranched alkanes of at least 4 members (excludes halogenated alkanes) is 3. The van der Waals surface area contributed by atoms with Gasteiger partial charge in [-0.25, -0.2) is 9.97 Å². The molecular weight excluding hydrogens is 753 g/mol. The molecule has 0 saturated heterocycles. The SMILES string of the molecule is Cc1ccccc1-c1c2nc(c(-c3ccccc3C)c3ccc([nH]3)c(-c3ccccc3C)c3nc(c(-c4ccc(OCCCCCCC(=O)O)cc4)c4ccc1[nH]4)C=C3)C=C2. The van der Waals surface area contributed by atoms with Crippen molar-refractivity contribution in [2.24, 2.45) is 0 Å². The third-order valence-corrected chi connectivity index (χ3v) is 11.7. The number of hydrogen-bond acceptors (Lipinski definition) is 4. The predicted molar refractivity (Wildman–Crippen MR) is 251 cm³/mol. The second-order valence-corrected chi connectivity index (χ2v) is 15.9. The van der Waals surface area contributed by atoms with Gasteiger partial charge in [-0.3, -0.25) is 4.79 Å². The van der Waals surface area contributed by atoms with Crippen LogP contribution in [0, 0.1) is 20.8 Å². The maximum Gasteiger partial charge on any atom is 0.303 e. The number of aromatic nitrogens is 4. The number of carboxylic acids is 1. The van der Waals surface area contributed by atoms with Gasteiger partial charge in [-0.2, -0.15) is 0 Å². The molecule has 7 nitrogen and oxygen atoms in total. The number of fused-ring (bicyclic) bond motifs is 8. The van der Waals surface area contributed by atoms with Gasteiger partial charge < -0.3 is 19.8 Å². The lowest BCUT2D eigenvalue weighted by molar-refractivity contribution is -0.137. The highest BCUT2D eigenvalue weighted by atomic mass is 16.5. The normalized spacial score (nSPS) is 11.9. The van der Waals surface area contributed by atoms with Crippen molar-refractivity contribution in [2.45, 2.75) is 52.9 Å². The van der Waals surface area contributed by atoms with E-state index in [1.807, 2.05) is 12.1 Å². The molecule has 7 heteroatoms. The monoisotopic (exact) mass is 800 g/mol. The number of hydrogen-bond donors (Lipinski definition) is 3. The van der Waals surface area contributed by atoms with Crippen LogP contribution in [0.4, 0.5) is 0 Å². The number of aliphatic carboxylic acids is 1. The number of benzene rings is 4. The number of H-pyrrole nitrogens is 2. The van der Waals surface area contributed by atoms with E-state index in [4.69, 9.17) is 19.8 Å². The van der Waals surface area contributed by atoms with Crippen LogP contribution in [-0.4, -0.2) is 37.6 Å². The number of carboxylic acid groups (broad SMARTS) is 1. The molecule has 3 N–H and O–H groups in total. The number of rotatable bonds is 12. The Balaban J connectivity index is 1.29. The lowest BCUT2D eigenvalue weighted by atomic mass is 9.99. The van der Waals surface area contributed by atoms with Gasteiger partial charge in [0.1, 0.15) is 5.75 Å². The lowest BCUT2D eigenvalue weighted by Crippen LogP contribution is -1.98. The fraction of sp³-hybridized carbons (Fsp3) is 0.167. The Labute approximate surface area is 356 Å². The largest absolute Gasteiger partial charge is 0.494 e. The van der Waals surface area contributed by atoms with Crippen molar-refractivity contribution in [1.29, 1.82) is 0 Å². The summed E-state index contributed by atoms with van der Waals surface area (Å²) in [6.07, 6.45) is 12.1. The van der Waals surface area contributed by atoms with Gasteiger partial charge >= 0.3 is 5.97 Å². The van der Waals surface area contributed by atoms with Gasteiger partial charge in [0.15, 0.2) is 0 Å². The number of aryl methyl sites for hydroxylation is 3. The van der Waals surface area contributed by atoms with Crippen LogP contribution in [0.1, 0.15) is 71.6 Å². The minimum atomic E-state index is -0.741. The molecule has 4 aromatic carbocycles. The summed E-state index contributed by atoms with van der Waals surface area (Å²) in [5, 5.41) is 8.94. The van der Waals surface area contributed by atoms with Gasteiger partial charge in [-0.1, -0.05) is 97.8 Å². The molecule has 2 aliphatic heterocycles. The third kappa shape index (κ3) is 8.07. The van der Waals surface area contributed by atoms with Gasteiger partial charge in [-0.05, 0) is 133 Å². The van der Waals surface area contributed by atoms with E-state index in [-0.39, 0.29) is 6.42 Å². The van der Waals surface area contributed by atoms with E-state index in [0.717, 1.165) is 125 Å². The van der Waals surface area contributed by atoms with Crippen LogP contribution >= 0.6 is 0 Å². The number of carbonyl (C=O) groups is 1. The number of ether oxygens (including phenoxy) is 1. The van der Waals surface area contributed by atoms with Gasteiger partial charge in [0, 0.05) is 50.7 Å². The molecule has 0 saturated carbocycles. The topological polar surface area (TPSA) is 104 Å². The van der Waals surface area contributed by atoms with Crippen LogP contribution < -0.4 is 4.74 Å². The van der Waals surface area contributed by atoms with E-state index < -0.39 is 5.97 Å². The van der Waals surface area contributed by atoms with Crippen molar-refractivity contribution in [3.63, 3.8) is 0 Å². The predicted octanol–water partition coefficient (Wildman–Crippen LogP) is 13.7. The van der Waals surface area contributed by atoms with Crippen LogP contribution in [-0.2, 0) is 4.79 Å². The maximum absolute atomic E-state index is 10.9. The summed E-state index contributed by atoms with van der Waals surface area (Å²) in [5.41, 5.74) is 19.2. The van der Waals surface area contributed by atoms with E-state index in [2.05, 4.69) is 164 Å². The number of aromatic amines is 2. The second kappa shape index (κ2) is 17.2. The zero-order valence-electron chi connectivity index (χ0n) is 34.8. The summed E-state index contributed by atoms with van der Waals surface area (Å²) in [5.74, 6) is 0.0495. The molecule has 0 radical (unpaired) electrons. The summed E-state index contributed by atoms with van der Waals surface area (Å²) < 4.78 is 6.14. The van der Waals surface area contributed by atoms with Crippen LogP contribution in [0.15, 0.2) is 121 Å². The molecule has 0 atom stereocenters. The summed E-state index contributed by atoms with van der Waals surface area (Å²) in [6.45, 7) is 7.04. The standard InChI is InChI=1S/C54H48N4O3/c1-34-14-7-10-17-39(34)52-44-27-25-42(55-44)51(37-21-23-38(24-22-37)61-33-13-5-4-6-20-50(59)60)43-26-28-45(56-43)53(40-18-11-8-15-35(40)2)47-30-32-49(58-47)54(48-31-29-46(52)57-48)41-19-12-9-16-36(41)3/h7-12,14-19,21-32,55,58H,4-6,13,20,33H2,1-3H3,(H,59,60). The van der Waals surface area contributed by atoms with Crippen molar-refractivity contribution < 1.29 is 14.6 Å². The average molecular weight is 801 g/mol. The summed E-state index contributed by atoms with van der Waals surface area (Å²) >= 11 is 0. The molecular formula is C54H48N4O3. The zero-order chi connectivity index (χ0) is 41.9. The van der Waals surface area contributed by atoms with Crippen molar-refractivity contribution in [1.82, 2.24) is 19.9 Å². The van der Waals surface area contributed by atoms with Gasteiger partial charge in [0.05, 0.1) is 29.4 Å². The summed E-state index contributed by atoms with van der Waals surface area (Å²) in [4.78, 5) is 29.5. The molecule has 0 spiro atoms. The Morgan fingerprint density at radius 1 is 0.492 bits per heavy atom. The molecule has 9 rings (SSSR count). The van der Waals surface area contributed by atoms with Gasteiger partial charge in [0.2, 0.25) is 0 Å². The second-order valence-electron chi connectivity index (χ2n) is 15.9. The molecule has 0 unspecified atom stereocenters. The fourth-order valence-corrected chi connectivity index (χ4v) is 8.56. The molecule has 5 heterocycles. The summed E-state index contributed by atoms with van der Waals surface area (Å²) in [7, 11) is 0. The molecule has 0 fully saturated rings. The van der Waals surface area contributed by atoms with Crippen molar-refractivity contribution in [3.8, 4) is 50.3 Å². The highest BCUT2D eigenvalue weighted by Gasteiger charge is 2.20. The highest BCUT2D eigenvalue weighted by molar-refractivity contribution is 6.00. The molecule has 7 aromatic rings. The minimum Gasteiger partial charge on any atom is -0.494 e. The van der Waals surface area contributed by atoms with Crippen molar-refractivity contribution in [3.05, 3.63) is 161 Å². The average Bonchev–Trinajstić information content (AvgIpc) is 4.11. The fourth-order valence-electron chi connectivity index (χ4n) is 8.56. The zero-order valence-corrected chi connectivity index (χ0v) is 34.8. The summed E-state index contributed by atoms with van der Waals surface area (Å²) in [6, 6.07) is 42.4. The number of nitrogens with zero attached hydrogens (tertiary/aromatic N) is 2. The van der Waals surface area contributed by atoms with E-state index in [1.165, 1.54) is 5.56 Å². The highest BCUT2D eigenvalue weighted by Crippen LogP contribution is 2.40. The van der Waals surface area contributed by atoms with Crippen molar-refractivity contribution in [2.75, 3.05) is 6.61 Å². The maximum atomic E-state index is 10.9. The smallest absolute Gasteiger partial charge is 0.303 e. The molecule has 0 amide bonds. The van der Waals surface area contributed by atoms with Crippen LogP contribution in [0.25, 0.3) is 90.9 Å². The Morgan fingerprint density at radius 2 is 0.885 bits per heavy atom. The molecule has 8 bridgehead atoms. The van der Waals surface area contributed by atoms with Crippen LogP contribution in [0.2, 0.25) is 0 Å².